The fourth-order valence-electron chi connectivity index (χ4n) is 1.28. The second-order valence-corrected chi connectivity index (χ2v) is 2.92. The van der Waals surface area contributed by atoms with Crippen LogP contribution in [0.25, 0.3) is 11.1 Å². The van der Waals surface area contributed by atoms with Crippen LogP contribution in [-0.2, 0) is 11.2 Å². The molecule has 5 heteroatoms. The maximum absolute atomic E-state index is 10.4. The van der Waals surface area contributed by atoms with E-state index in [1.54, 1.807) is 18.2 Å². The molecule has 2 rings (SSSR count). The van der Waals surface area contributed by atoms with Gasteiger partial charge in [0.25, 0.3) is 6.01 Å². The van der Waals surface area contributed by atoms with E-state index in [0.29, 0.717) is 16.7 Å². The van der Waals surface area contributed by atoms with Crippen molar-refractivity contribution in [1.82, 2.24) is 4.98 Å². The van der Waals surface area contributed by atoms with Gasteiger partial charge in [-0.15, -0.1) is 0 Å². The van der Waals surface area contributed by atoms with Crippen molar-refractivity contribution in [3.63, 3.8) is 0 Å². The number of oxazole rings is 1. The fraction of sp³-hybridized carbons (Fsp3) is 0.111. The number of hydrogen-bond acceptors (Lipinski definition) is 4. The third-order valence-corrected chi connectivity index (χ3v) is 1.82. The number of nitrogen functional groups attached to an aromatic ring is 1. The summed E-state index contributed by atoms with van der Waals surface area (Å²) in [6.07, 6.45) is -0.0251. The predicted molar refractivity (Wildman–Crippen MR) is 49.8 cm³/mol. The summed E-state index contributed by atoms with van der Waals surface area (Å²) in [6.45, 7) is 0. The molecule has 2 aromatic rings. The zero-order valence-electron chi connectivity index (χ0n) is 7.23. The van der Waals surface area contributed by atoms with Crippen LogP contribution in [0.1, 0.15) is 5.56 Å². The van der Waals surface area contributed by atoms with Crippen molar-refractivity contribution < 1.29 is 14.3 Å². The number of nitrogens with two attached hydrogens (primary N) is 1. The van der Waals surface area contributed by atoms with Crippen LogP contribution in [0.4, 0.5) is 6.01 Å². The summed E-state index contributed by atoms with van der Waals surface area (Å²) in [5, 5.41) is 8.58. The molecule has 0 saturated carbocycles. The van der Waals surface area contributed by atoms with Crippen molar-refractivity contribution in [2.45, 2.75) is 6.42 Å². The van der Waals surface area contributed by atoms with Crippen molar-refractivity contribution in [3.05, 3.63) is 23.8 Å². The van der Waals surface area contributed by atoms with Crippen LogP contribution in [0.15, 0.2) is 22.6 Å². The van der Waals surface area contributed by atoms with E-state index in [1.807, 2.05) is 0 Å². The fourth-order valence-corrected chi connectivity index (χ4v) is 1.28. The first-order valence-electron chi connectivity index (χ1n) is 4.02. The summed E-state index contributed by atoms with van der Waals surface area (Å²) in [5.74, 6) is -0.874. The summed E-state index contributed by atoms with van der Waals surface area (Å²) in [6, 6.07) is 5.09. The lowest BCUT2D eigenvalue weighted by molar-refractivity contribution is -0.136. The molecule has 72 valence electrons. The SMILES string of the molecule is Nc1nc2cc(CC(=O)O)ccc2o1. The van der Waals surface area contributed by atoms with E-state index in [1.165, 1.54) is 0 Å². The number of carbonyl (C=O) groups is 1. The van der Waals surface area contributed by atoms with Gasteiger partial charge in [-0.2, -0.15) is 4.98 Å². The van der Waals surface area contributed by atoms with Crippen molar-refractivity contribution in [1.29, 1.82) is 0 Å². The third kappa shape index (κ3) is 1.52. The van der Waals surface area contributed by atoms with Crippen LogP contribution in [-0.4, -0.2) is 16.1 Å². The minimum absolute atomic E-state index is 0.0251. The zero-order chi connectivity index (χ0) is 10.1. The molecule has 0 aliphatic rings. The quantitative estimate of drug-likeness (QED) is 0.741. The summed E-state index contributed by atoms with van der Waals surface area (Å²) in [7, 11) is 0. The number of anilines is 1. The standard InChI is InChI=1S/C9H8N2O3/c10-9-11-6-3-5(4-8(12)13)1-2-7(6)14-9/h1-3H,4H2,(H2,10,11)(H,12,13). The van der Waals surface area contributed by atoms with Crippen molar-refractivity contribution in [2.75, 3.05) is 5.73 Å². The first-order valence-corrected chi connectivity index (χ1v) is 4.02. The highest BCUT2D eigenvalue weighted by atomic mass is 16.4. The number of rotatable bonds is 2. The van der Waals surface area contributed by atoms with Crippen LogP contribution in [0.3, 0.4) is 0 Å². The monoisotopic (exact) mass is 192 g/mol. The predicted octanol–water partition coefficient (Wildman–Crippen LogP) is 1.04. The Morgan fingerprint density at radius 1 is 1.57 bits per heavy atom. The highest BCUT2D eigenvalue weighted by Gasteiger charge is 2.05. The van der Waals surface area contributed by atoms with Crippen LogP contribution < -0.4 is 5.73 Å². The number of nitrogens with zero attached hydrogens (tertiary/aromatic N) is 1. The minimum Gasteiger partial charge on any atom is -0.481 e. The van der Waals surface area contributed by atoms with Gasteiger partial charge in [-0.1, -0.05) is 6.07 Å². The summed E-state index contributed by atoms with van der Waals surface area (Å²) in [5.41, 5.74) is 7.18. The Hall–Kier alpha value is -2.04. The summed E-state index contributed by atoms with van der Waals surface area (Å²) in [4.78, 5) is 14.3. The van der Waals surface area contributed by atoms with Gasteiger partial charge in [0.05, 0.1) is 6.42 Å². The van der Waals surface area contributed by atoms with E-state index >= 15 is 0 Å². The number of fused-ring (bicyclic) bond motifs is 1. The van der Waals surface area contributed by atoms with Gasteiger partial charge < -0.3 is 15.3 Å². The highest BCUT2D eigenvalue weighted by Crippen LogP contribution is 2.18. The molecule has 1 aromatic heterocycles. The second-order valence-electron chi connectivity index (χ2n) is 2.92. The van der Waals surface area contributed by atoms with Crippen molar-refractivity contribution >= 4 is 23.1 Å². The largest absolute Gasteiger partial charge is 0.481 e. The number of carboxylic acid groups (broad SMARTS) is 1. The van der Waals surface area contributed by atoms with Gasteiger partial charge in [-0.3, -0.25) is 4.79 Å². The molecule has 0 fully saturated rings. The molecule has 0 atom stereocenters. The van der Waals surface area contributed by atoms with Crippen LogP contribution >= 0.6 is 0 Å². The lowest BCUT2D eigenvalue weighted by atomic mass is 10.1. The van der Waals surface area contributed by atoms with Gasteiger partial charge in [0.1, 0.15) is 5.52 Å². The van der Waals surface area contributed by atoms with E-state index in [9.17, 15) is 4.79 Å². The van der Waals surface area contributed by atoms with Gasteiger partial charge in [-0.25, -0.2) is 0 Å². The number of benzene rings is 1. The summed E-state index contributed by atoms with van der Waals surface area (Å²) >= 11 is 0. The molecule has 5 nitrogen and oxygen atoms in total. The molecule has 0 bridgehead atoms. The Kier molecular flexibility index (Phi) is 1.85. The van der Waals surface area contributed by atoms with Crippen molar-refractivity contribution in [3.8, 4) is 0 Å². The van der Waals surface area contributed by atoms with E-state index in [-0.39, 0.29) is 12.4 Å². The molecule has 0 aliphatic carbocycles. The Labute approximate surface area is 79.2 Å². The molecule has 0 amide bonds. The van der Waals surface area contributed by atoms with E-state index in [4.69, 9.17) is 15.3 Å². The Morgan fingerprint density at radius 2 is 2.36 bits per heavy atom. The lowest BCUT2D eigenvalue weighted by Crippen LogP contribution is -1.99. The smallest absolute Gasteiger partial charge is 0.307 e. The lowest BCUT2D eigenvalue weighted by Gasteiger charge is -1.94. The first-order chi connectivity index (χ1) is 6.65. The number of aromatic nitrogens is 1. The molecule has 0 aliphatic heterocycles. The van der Waals surface area contributed by atoms with Crippen molar-refractivity contribution in [2.24, 2.45) is 0 Å². The normalized spacial score (nSPS) is 10.6. The van der Waals surface area contributed by atoms with Crippen LogP contribution in [0, 0.1) is 0 Å². The van der Waals surface area contributed by atoms with Crippen LogP contribution in [0.5, 0.6) is 0 Å². The Balaban J connectivity index is 2.45. The average Bonchev–Trinajstić information content (AvgIpc) is 2.42. The average molecular weight is 192 g/mol. The first kappa shape index (κ1) is 8.55. The maximum Gasteiger partial charge on any atom is 0.307 e. The van der Waals surface area contributed by atoms with Gasteiger partial charge >= 0.3 is 5.97 Å². The van der Waals surface area contributed by atoms with E-state index in [0.717, 1.165) is 0 Å². The molecule has 0 unspecified atom stereocenters. The summed E-state index contributed by atoms with van der Waals surface area (Å²) < 4.78 is 5.05. The molecule has 0 radical (unpaired) electrons. The molecular formula is C9H8N2O3. The Bertz CT molecular complexity index is 490. The van der Waals surface area contributed by atoms with E-state index < -0.39 is 5.97 Å². The van der Waals surface area contributed by atoms with Crippen LogP contribution in [0.2, 0.25) is 0 Å². The molecule has 14 heavy (non-hydrogen) atoms. The molecule has 0 spiro atoms. The Morgan fingerprint density at radius 3 is 3.07 bits per heavy atom. The second kappa shape index (κ2) is 3.02. The molecule has 1 aromatic carbocycles. The zero-order valence-corrected chi connectivity index (χ0v) is 7.23. The molecule has 1 heterocycles. The van der Waals surface area contributed by atoms with Gasteiger partial charge in [0.2, 0.25) is 0 Å². The van der Waals surface area contributed by atoms with Gasteiger partial charge in [-0.05, 0) is 17.7 Å². The topological polar surface area (TPSA) is 89.3 Å². The number of aliphatic carboxylic acids is 1. The molecule has 3 N–H and O–H groups in total. The third-order valence-electron chi connectivity index (χ3n) is 1.82. The van der Waals surface area contributed by atoms with E-state index in [2.05, 4.69) is 4.98 Å². The number of hydrogen-bond donors (Lipinski definition) is 2. The molecular weight excluding hydrogens is 184 g/mol. The highest BCUT2D eigenvalue weighted by molar-refractivity contribution is 5.77. The maximum atomic E-state index is 10.4. The molecule has 0 saturated heterocycles. The minimum atomic E-state index is -0.874. The van der Waals surface area contributed by atoms with Gasteiger partial charge in [0, 0.05) is 0 Å². The number of carboxylic acids is 1. The van der Waals surface area contributed by atoms with Gasteiger partial charge in [0.15, 0.2) is 5.58 Å².